The summed E-state index contributed by atoms with van der Waals surface area (Å²) < 4.78 is 0. The standard InChI is InChI=1S/C13H17NO2S/c1-2-12-9-14(7-8-17-12)13(16)10-3-5-11(15)6-4-10/h3-6,12,15H,2,7-9H2,1H3. The maximum absolute atomic E-state index is 12.2. The van der Waals surface area contributed by atoms with Crippen molar-refractivity contribution in [2.45, 2.75) is 18.6 Å². The molecule has 1 fully saturated rings. The van der Waals surface area contributed by atoms with Crippen LogP contribution in [0.25, 0.3) is 0 Å². The van der Waals surface area contributed by atoms with E-state index in [0.29, 0.717) is 10.8 Å². The highest BCUT2D eigenvalue weighted by Gasteiger charge is 2.23. The van der Waals surface area contributed by atoms with Gasteiger partial charge in [0.1, 0.15) is 5.75 Å². The van der Waals surface area contributed by atoms with E-state index in [1.54, 1.807) is 24.3 Å². The molecule has 17 heavy (non-hydrogen) atoms. The lowest BCUT2D eigenvalue weighted by atomic mass is 10.1. The minimum atomic E-state index is 0.0729. The molecule has 0 aromatic heterocycles. The number of phenolic OH excluding ortho intramolecular Hbond substituents is 1. The molecule has 1 heterocycles. The average Bonchev–Trinajstić information content (AvgIpc) is 2.39. The summed E-state index contributed by atoms with van der Waals surface area (Å²) in [7, 11) is 0. The van der Waals surface area contributed by atoms with Gasteiger partial charge in [-0.15, -0.1) is 0 Å². The highest BCUT2D eigenvalue weighted by molar-refractivity contribution is 8.00. The van der Waals surface area contributed by atoms with Gasteiger partial charge in [0.2, 0.25) is 0 Å². The summed E-state index contributed by atoms with van der Waals surface area (Å²) >= 11 is 1.95. The minimum Gasteiger partial charge on any atom is -0.508 e. The lowest BCUT2D eigenvalue weighted by molar-refractivity contribution is 0.0761. The molecule has 4 heteroatoms. The molecule has 1 saturated heterocycles. The summed E-state index contributed by atoms with van der Waals surface area (Å²) in [4.78, 5) is 14.1. The zero-order chi connectivity index (χ0) is 12.3. The van der Waals surface area contributed by atoms with Gasteiger partial charge in [-0.1, -0.05) is 6.92 Å². The number of phenols is 1. The first-order valence-electron chi connectivity index (χ1n) is 5.90. The highest BCUT2D eigenvalue weighted by Crippen LogP contribution is 2.22. The maximum Gasteiger partial charge on any atom is 0.253 e. The van der Waals surface area contributed by atoms with Crippen molar-refractivity contribution in [1.82, 2.24) is 4.90 Å². The van der Waals surface area contributed by atoms with E-state index in [1.165, 1.54) is 0 Å². The molecule has 0 bridgehead atoms. The van der Waals surface area contributed by atoms with E-state index in [4.69, 9.17) is 0 Å². The number of aromatic hydroxyl groups is 1. The summed E-state index contributed by atoms with van der Waals surface area (Å²) in [6.07, 6.45) is 1.10. The monoisotopic (exact) mass is 251 g/mol. The van der Waals surface area contributed by atoms with E-state index in [9.17, 15) is 9.90 Å². The molecule has 2 rings (SSSR count). The van der Waals surface area contributed by atoms with E-state index in [1.807, 2.05) is 16.7 Å². The number of rotatable bonds is 2. The van der Waals surface area contributed by atoms with Crippen molar-refractivity contribution in [3.05, 3.63) is 29.8 Å². The number of hydrogen-bond donors (Lipinski definition) is 1. The molecule has 1 amide bonds. The Morgan fingerprint density at radius 2 is 2.18 bits per heavy atom. The molecule has 0 aliphatic carbocycles. The molecule has 1 aromatic rings. The van der Waals surface area contributed by atoms with Crippen LogP contribution in [0, 0.1) is 0 Å². The van der Waals surface area contributed by atoms with Crippen LogP contribution in [0.15, 0.2) is 24.3 Å². The van der Waals surface area contributed by atoms with Crippen LogP contribution in [-0.4, -0.2) is 40.0 Å². The lowest BCUT2D eigenvalue weighted by Gasteiger charge is -2.32. The van der Waals surface area contributed by atoms with Gasteiger partial charge in [0.25, 0.3) is 5.91 Å². The largest absolute Gasteiger partial charge is 0.508 e. The minimum absolute atomic E-state index is 0.0729. The van der Waals surface area contributed by atoms with Crippen LogP contribution in [0.3, 0.4) is 0 Å². The summed E-state index contributed by atoms with van der Waals surface area (Å²) in [6.45, 7) is 3.81. The van der Waals surface area contributed by atoms with E-state index in [0.717, 1.165) is 25.3 Å². The third-order valence-corrected chi connectivity index (χ3v) is 4.37. The molecule has 1 atom stereocenters. The number of nitrogens with zero attached hydrogens (tertiary/aromatic N) is 1. The van der Waals surface area contributed by atoms with Gasteiger partial charge in [-0.3, -0.25) is 4.79 Å². The number of benzene rings is 1. The van der Waals surface area contributed by atoms with E-state index >= 15 is 0 Å². The van der Waals surface area contributed by atoms with Crippen molar-refractivity contribution in [3.8, 4) is 5.75 Å². The Bertz CT molecular complexity index is 391. The van der Waals surface area contributed by atoms with Crippen molar-refractivity contribution in [3.63, 3.8) is 0 Å². The first-order chi connectivity index (χ1) is 8.20. The Kier molecular flexibility index (Phi) is 3.94. The summed E-state index contributed by atoms with van der Waals surface area (Å²) in [5.41, 5.74) is 0.657. The Hall–Kier alpha value is -1.16. The average molecular weight is 251 g/mol. The zero-order valence-electron chi connectivity index (χ0n) is 9.93. The second-order valence-electron chi connectivity index (χ2n) is 4.20. The topological polar surface area (TPSA) is 40.5 Å². The number of carbonyl (C=O) groups is 1. The molecule has 0 saturated carbocycles. The van der Waals surface area contributed by atoms with Gasteiger partial charge in [-0.05, 0) is 30.7 Å². The fourth-order valence-corrected chi connectivity index (χ4v) is 3.12. The number of thioether (sulfide) groups is 1. The lowest BCUT2D eigenvalue weighted by Crippen LogP contribution is -2.41. The molecule has 92 valence electrons. The van der Waals surface area contributed by atoms with Gasteiger partial charge in [0.15, 0.2) is 0 Å². The molecule has 3 nitrogen and oxygen atoms in total. The Balaban J connectivity index is 2.06. The quantitative estimate of drug-likeness (QED) is 0.877. The number of amides is 1. The van der Waals surface area contributed by atoms with Crippen LogP contribution in [0.2, 0.25) is 0 Å². The third kappa shape index (κ3) is 2.94. The van der Waals surface area contributed by atoms with Crippen molar-refractivity contribution in [2.75, 3.05) is 18.8 Å². The van der Waals surface area contributed by atoms with Crippen LogP contribution in [0.1, 0.15) is 23.7 Å². The van der Waals surface area contributed by atoms with Crippen molar-refractivity contribution < 1.29 is 9.90 Å². The fraction of sp³-hybridized carbons (Fsp3) is 0.462. The second-order valence-corrected chi connectivity index (χ2v) is 5.61. The molecule has 0 radical (unpaired) electrons. The summed E-state index contributed by atoms with van der Waals surface area (Å²) in [5.74, 6) is 1.29. The van der Waals surface area contributed by atoms with Crippen LogP contribution < -0.4 is 0 Å². The molecule has 1 aromatic carbocycles. The van der Waals surface area contributed by atoms with Crippen molar-refractivity contribution in [1.29, 1.82) is 0 Å². The number of hydrogen-bond acceptors (Lipinski definition) is 3. The molecule has 1 aliphatic rings. The predicted molar refractivity (Wildman–Crippen MR) is 70.5 cm³/mol. The highest BCUT2D eigenvalue weighted by atomic mass is 32.2. The van der Waals surface area contributed by atoms with E-state index < -0.39 is 0 Å². The normalized spacial score (nSPS) is 20.3. The van der Waals surface area contributed by atoms with Crippen molar-refractivity contribution in [2.24, 2.45) is 0 Å². The van der Waals surface area contributed by atoms with Gasteiger partial charge in [-0.2, -0.15) is 11.8 Å². The SMILES string of the molecule is CCC1CN(C(=O)c2ccc(O)cc2)CCS1. The van der Waals surface area contributed by atoms with Crippen LogP contribution in [0.4, 0.5) is 0 Å². The van der Waals surface area contributed by atoms with Crippen LogP contribution in [0.5, 0.6) is 5.75 Å². The first kappa shape index (κ1) is 12.3. The Labute approximate surface area is 106 Å². The van der Waals surface area contributed by atoms with Crippen LogP contribution in [-0.2, 0) is 0 Å². The van der Waals surface area contributed by atoms with Gasteiger partial charge < -0.3 is 10.0 Å². The van der Waals surface area contributed by atoms with E-state index in [-0.39, 0.29) is 11.7 Å². The zero-order valence-corrected chi connectivity index (χ0v) is 10.7. The molecular formula is C13H17NO2S. The van der Waals surface area contributed by atoms with Gasteiger partial charge in [0, 0.05) is 29.7 Å². The van der Waals surface area contributed by atoms with Crippen molar-refractivity contribution >= 4 is 17.7 Å². The van der Waals surface area contributed by atoms with E-state index in [2.05, 4.69) is 6.92 Å². The molecule has 0 spiro atoms. The number of carbonyl (C=O) groups excluding carboxylic acids is 1. The molecular weight excluding hydrogens is 234 g/mol. The fourth-order valence-electron chi connectivity index (χ4n) is 1.94. The molecule has 1 aliphatic heterocycles. The maximum atomic E-state index is 12.2. The Morgan fingerprint density at radius 1 is 1.47 bits per heavy atom. The second kappa shape index (κ2) is 5.45. The van der Waals surface area contributed by atoms with Crippen LogP contribution >= 0.6 is 11.8 Å². The first-order valence-corrected chi connectivity index (χ1v) is 6.95. The molecule has 1 unspecified atom stereocenters. The Morgan fingerprint density at radius 3 is 2.82 bits per heavy atom. The van der Waals surface area contributed by atoms with Gasteiger partial charge in [0.05, 0.1) is 0 Å². The molecule has 1 N–H and O–H groups in total. The smallest absolute Gasteiger partial charge is 0.253 e. The summed E-state index contributed by atoms with van der Waals surface area (Å²) in [6, 6.07) is 6.48. The van der Waals surface area contributed by atoms with Gasteiger partial charge >= 0.3 is 0 Å². The third-order valence-electron chi connectivity index (χ3n) is 3.00. The predicted octanol–water partition coefficient (Wildman–Crippen LogP) is 2.36. The van der Waals surface area contributed by atoms with Gasteiger partial charge in [-0.25, -0.2) is 0 Å². The summed E-state index contributed by atoms with van der Waals surface area (Å²) in [5, 5.41) is 9.76.